The van der Waals surface area contributed by atoms with E-state index in [4.69, 9.17) is 24.0 Å². The van der Waals surface area contributed by atoms with Crippen molar-refractivity contribution in [3.05, 3.63) is 59.0 Å². The predicted octanol–water partition coefficient (Wildman–Crippen LogP) is 4.86. The molecular weight excluding hydrogens is 472 g/mol. The van der Waals surface area contributed by atoms with Gasteiger partial charge in [0.15, 0.2) is 40.1 Å². The second-order valence-electron chi connectivity index (χ2n) is 9.36. The maximum absolute atomic E-state index is 13.2. The van der Waals surface area contributed by atoms with Gasteiger partial charge < -0.3 is 18.9 Å². The Morgan fingerprint density at radius 3 is 2.14 bits per heavy atom. The number of fused-ring (bicyclic) bond motifs is 3. The fraction of sp³-hybridized carbons (Fsp3) is 0.357. The molecule has 0 spiro atoms. The maximum atomic E-state index is 13.2. The van der Waals surface area contributed by atoms with Gasteiger partial charge in [-0.15, -0.1) is 10.2 Å². The van der Waals surface area contributed by atoms with E-state index in [-0.39, 0.29) is 17.6 Å². The zero-order chi connectivity index (χ0) is 26.3. The van der Waals surface area contributed by atoms with E-state index in [2.05, 4.69) is 24.0 Å². The molecule has 0 unspecified atom stereocenters. The van der Waals surface area contributed by atoms with E-state index in [0.717, 1.165) is 28.1 Å². The molecule has 37 heavy (non-hydrogen) atoms. The number of ketones is 1. The minimum atomic E-state index is -0.0524. The van der Waals surface area contributed by atoms with Crippen molar-refractivity contribution in [1.82, 2.24) is 19.8 Å². The van der Waals surface area contributed by atoms with Gasteiger partial charge in [0.25, 0.3) is 0 Å². The van der Waals surface area contributed by atoms with Crippen LogP contribution in [0.1, 0.15) is 59.5 Å². The lowest BCUT2D eigenvalue weighted by molar-refractivity contribution is 0.0955. The normalized spacial score (nSPS) is 15.1. The number of hydrogen-bond acceptors (Lipinski definition) is 8. The maximum Gasteiger partial charge on any atom is 0.185 e. The Kier molecular flexibility index (Phi) is 6.45. The summed E-state index contributed by atoms with van der Waals surface area (Å²) in [6.45, 7) is 4.17. The van der Waals surface area contributed by atoms with Crippen LogP contribution in [0, 0.1) is 0 Å². The molecule has 1 aliphatic carbocycles. The summed E-state index contributed by atoms with van der Waals surface area (Å²) >= 11 is 0. The number of hydrogen-bond donors (Lipinski definition) is 0. The third-order valence-corrected chi connectivity index (χ3v) is 6.90. The zero-order valence-corrected chi connectivity index (χ0v) is 21.9. The molecule has 0 fully saturated rings. The fourth-order valence-corrected chi connectivity index (χ4v) is 5.00. The molecule has 2 aromatic carbocycles. The lowest BCUT2D eigenvalue weighted by Gasteiger charge is -2.24. The molecule has 5 rings (SSSR count). The van der Waals surface area contributed by atoms with Crippen molar-refractivity contribution in [2.24, 2.45) is 0 Å². The number of Topliss-reactive ketones (excluding diaryl/α,β-unsaturated/α-hetero) is 1. The number of nitrogens with zero attached hydrogens (tertiary/aromatic N) is 4. The fourth-order valence-electron chi connectivity index (χ4n) is 5.00. The van der Waals surface area contributed by atoms with Crippen LogP contribution in [0.2, 0.25) is 0 Å². The quantitative estimate of drug-likeness (QED) is 0.353. The van der Waals surface area contributed by atoms with Crippen LogP contribution in [0.3, 0.4) is 0 Å². The van der Waals surface area contributed by atoms with Crippen molar-refractivity contribution in [2.45, 2.75) is 38.5 Å². The van der Waals surface area contributed by atoms with Gasteiger partial charge in [-0.1, -0.05) is 26.0 Å². The monoisotopic (exact) mass is 502 g/mol. The van der Waals surface area contributed by atoms with Gasteiger partial charge in [0.1, 0.15) is 0 Å². The van der Waals surface area contributed by atoms with Crippen LogP contribution in [0.4, 0.5) is 0 Å². The van der Waals surface area contributed by atoms with Gasteiger partial charge in [-0.3, -0.25) is 4.79 Å². The minimum Gasteiger partial charge on any atom is -0.493 e. The number of methoxy groups -OCH3 is 4. The van der Waals surface area contributed by atoms with Crippen LogP contribution in [-0.2, 0) is 6.42 Å². The van der Waals surface area contributed by atoms with Gasteiger partial charge in [0.05, 0.1) is 45.4 Å². The Hall–Kier alpha value is -4.14. The molecule has 9 heteroatoms. The van der Waals surface area contributed by atoms with E-state index >= 15 is 0 Å². The van der Waals surface area contributed by atoms with Crippen molar-refractivity contribution >= 4 is 11.4 Å². The molecule has 1 atom stereocenters. The Morgan fingerprint density at radius 2 is 1.49 bits per heavy atom. The van der Waals surface area contributed by atoms with E-state index in [0.29, 0.717) is 47.2 Å². The summed E-state index contributed by atoms with van der Waals surface area (Å²) < 4.78 is 23.6. The Bertz CT molecular complexity index is 1490. The highest BCUT2D eigenvalue weighted by Crippen LogP contribution is 2.40. The number of rotatable bonds is 7. The smallest absolute Gasteiger partial charge is 0.185 e. The molecule has 0 N–H and O–H groups in total. The molecule has 2 heterocycles. The third kappa shape index (κ3) is 4.14. The van der Waals surface area contributed by atoms with Crippen molar-refractivity contribution in [3.63, 3.8) is 0 Å². The van der Waals surface area contributed by atoms with Crippen molar-refractivity contribution in [3.8, 4) is 34.1 Å². The van der Waals surface area contributed by atoms with Crippen molar-refractivity contribution < 1.29 is 23.7 Å². The number of carbonyl (C=O) groups is 1. The molecule has 0 saturated carbocycles. The second kappa shape index (κ2) is 9.72. The summed E-state index contributed by atoms with van der Waals surface area (Å²) in [5.74, 6) is 2.54. The first-order chi connectivity index (χ1) is 17.9. The summed E-state index contributed by atoms with van der Waals surface area (Å²) in [5, 5.41) is 13.9. The van der Waals surface area contributed by atoms with Crippen LogP contribution in [0.15, 0.2) is 36.4 Å². The van der Waals surface area contributed by atoms with Gasteiger partial charge in [0.2, 0.25) is 0 Å². The summed E-state index contributed by atoms with van der Waals surface area (Å²) in [7, 11) is 6.43. The summed E-state index contributed by atoms with van der Waals surface area (Å²) in [6, 6.07) is 11.5. The van der Waals surface area contributed by atoms with E-state index in [1.54, 1.807) is 33.0 Å². The van der Waals surface area contributed by atoms with Gasteiger partial charge in [-0.05, 0) is 53.6 Å². The summed E-state index contributed by atoms with van der Waals surface area (Å²) in [5.41, 5.74) is 5.37. The minimum absolute atomic E-state index is 0.0512. The zero-order valence-electron chi connectivity index (χ0n) is 21.9. The van der Waals surface area contributed by atoms with Crippen LogP contribution < -0.4 is 18.9 Å². The van der Waals surface area contributed by atoms with Gasteiger partial charge in [-0.25, -0.2) is 4.52 Å². The van der Waals surface area contributed by atoms with E-state index in [9.17, 15) is 4.79 Å². The molecule has 192 valence electrons. The molecule has 0 bridgehead atoms. The van der Waals surface area contributed by atoms with E-state index < -0.39 is 0 Å². The molecule has 0 saturated heterocycles. The number of carbonyl (C=O) groups excluding carboxylic acids is 1. The van der Waals surface area contributed by atoms with Gasteiger partial charge >= 0.3 is 0 Å². The molecule has 9 nitrogen and oxygen atoms in total. The first kappa shape index (κ1) is 24.5. The van der Waals surface area contributed by atoms with E-state index in [1.807, 2.05) is 36.4 Å². The average molecular weight is 503 g/mol. The van der Waals surface area contributed by atoms with Crippen LogP contribution >= 0.6 is 0 Å². The number of ether oxygens (including phenoxy) is 4. The lowest BCUT2D eigenvalue weighted by Crippen LogP contribution is -2.24. The summed E-state index contributed by atoms with van der Waals surface area (Å²) in [4.78, 5) is 13.2. The molecule has 1 aliphatic rings. The lowest BCUT2D eigenvalue weighted by atomic mass is 9.83. The van der Waals surface area contributed by atoms with Crippen molar-refractivity contribution in [2.75, 3.05) is 28.4 Å². The van der Waals surface area contributed by atoms with Crippen LogP contribution in [-0.4, -0.2) is 54.0 Å². The SMILES string of the molecule is COc1ccc(-c2c(C(C)C)nn3c4c(nnc23)C(=O)C[C@@H](c2ccc(OC)c(OC)c2)C4)cc1OC. The molecule has 0 radical (unpaired) electrons. The number of benzene rings is 2. The average Bonchev–Trinajstić information content (AvgIpc) is 3.32. The highest BCUT2D eigenvalue weighted by Gasteiger charge is 2.32. The van der Waals surface area contributed by atoms with Gasteiger partial charge in [-0.2, -0.15) is 5.10 Å². The van der Waals surface area contributed by atoms with Crippen LogP contribution in [0.5, 0.6) is 23.0 Å². The molecule has 0 amide bonds. The first-order valence-electron chi connectivity index (χ1n) is 12.2. The Labute approximate surface area is 215 Å². The highest BCUT2D eigenvalue weighted by molar-refractivity contribution is 5.97. The summed E-state index contributed by atoms with van der Waals surface area (Å²) in [6.07, 6.45) is 0.927. The van der Waals surface area contributed by atoms with E-state index in [1.165, 1.54) is 0 Å². The Morgan fingerprint density at radius 1 is 0.838 bits per heavy atom. The standard InChI is InChI=1S/C28H30N4O5/c1-15(2)26-25(17-8-10-22(35-4)24(14-17)37-6)28-30-29-27-19(32(28)31-26)11-18(12-20(27)33)16-7-9-21(34-3)23(13-16)36-5/h7-10,13-15,18H,11-12H2,1-6H3/t18-/m0/s1. The highest BCUT2D eigenvalue weighted by atomic mass is 16.5. The topological polar surface area (TPSA) is 97.1 Å². The first-order valence-corrected chi connectivity index (χ1v) is 12.2. The predicted molar refractivity (Wildman–Crippen MR) is 138 cm³/mol. The Balaban J connectivity index is 1.66. The molecule has 4 aromatic rings. The molecular formula is C28H30N4O5. The van der Waals surface area contributed by atoms with Crippen molar-refractivity contribution in [1.29, 1.82) is 0 Å². The van der Waals surface area contributed by atoms with Crippen LogP contribution in [0.25, 0.3) is 16.8 Å². The third-order valence-electron chi connectivity index (χ3n) is 6.90. The largest absolute Gasteiger partial charge is 0.493 e. The molecule has 0 aliphatic heterocycles. The van der Waals surface area contributed by atoms with Gasteiger partial charge in [0, 0.05) is 6.42 Å². The number of aromatic nitrogens is 4. The molecule has 2 aromatic heterocycles. The second-order valence-corrected chi connectivity index (χ2v) is 9.36.